The number of aromatic nitrogens is 4. The van der Waals surface area contributed by atoms with Gasteiger partial charge in [-0.05, 0) is 39.0 Å². The first-order valence-electron chi connectivity index (χ1n) is 9.62. The minimum atomic E-state index is -1.11. The summed E-state index contributed by atoms with van der Waals surface area (Å²) in [5, 5.41) is 8.87. The lowest BCUT2D eigenvalue weighted by molar-refractivity contribution is -0.140. The Kier molecular flexibility index (Phi) is 6.61. The molecule has 0 aliphatic heterocycles. The first-order valence-corrected chi connectivity index (χ1v) is 9.62. The molecule has 0 aromatic carbocycles. The average molecular weight is 424 g/mol. The van der Waals surface area contributed by atoms with Gasteiger partial charge in [0.05, 0.1) is 18.1 Å². The smallest absolute Gasteiger partial charge is 0.327 e. The molecule has 0 radical (unpaired) electrons. The van der Waals surface area contributed by atoms with E-state index in [1.165, 1.54) is 6.20 Å². The molecule has 10 heteroatoms. The van der Waals surface area contributed by atoms with Crippen molar-refractivity contribution in [3.05, 3.63) is 49.1 Å². The molecular weight excluding hydrogens is 400 g/mol. The molecule has 0 fully saturated rings. The summed E-state index contributed by atoms with van der Waals surface area (Å²) in [5.74, 6) is 0.771. The molecule has 0 aliphatic rings. The van der Waals surface area contributed by atoms with Gasteiger partial charge in [-0.2, -0.15) is 5.10 Å². The van der Waals surface area contributed by atoms with Gasteiger partial charge in [0.2, 0.25) is 0 Å². The van der Waals surface area contributed by atoms with Crippen molar-refractivity contribution in [3.8, 4) is 22.8 Å². The van der Waals surface area contributed by atoms with E-state index in [1.54, 1.807) is 62.1 Å². The van der Waals surface area contributed by atoms with Crippen LogP contribution in [0.4, 0.5) is 10.6 Å². The molecule has 0 saturated carbocycles. The molecule has 31 heavy (non-hydrogen) atoms. The van der Waals surface area contributed by atoms with E-state index in [9.17, 15) is 9.59 Å². The molecule has 162 valence electrons. The monoisotopic (exact) mass is 424 g/mol. The van der Waals surface area contributed by atoms with Crippen LogP contribution in [0.5, 0.6) is 11.5 Å². The maximum Gasteiger partial charge on any atom is 0.327 e. The second-order valence-electron chi connectivity index (χ2n) is 7.11. The molecule has 0 aliphatic carbocycles. The van der Waals surface area contributed by atoms with Gasteiger partial charge < -0.3 is 9.47 Å². The number of ether oxygens (including phenoxy) is 2. The van der Waals surface area contributed by atoms with Gasteiger partial charge in [-0.15, -0.1) is 0 Å². The summed E-state index contributed by atoms with van der Waals surface area (Å²) in [6.45, 7) is 5.30. The number of rotatable bonds is 7. The topological polar surface area (TPSA) is 120 Å². The highest BCUT2D eigenvalue weighted by molar-refractivity contribution is 6.03. The number of amides is 3. The average Bonchev–Trinajstić information content (AvgIpc) is 3.16. The third-order valence-electron chi connectivity index (χ3n) is 4.22. The van der Waals surface area contributed by atoms with Gasteiger partial charge in [0.25, 0.3) is 5.91 Å². The molecule has 3 heterocycles. The number of nitrogens with one attached hydrogen (secondary N) is 2. The van der Waals surface area contributed by atoms with Crippen molar-refractivity contribution < 1.29 is 19.1 Å². The van der Waals surface area contributed by atoms with Crippen LogP contribution in [0, 0.1) is 0 Å². The molecular formula is C21H24N6O4. The van der Waals surface area contributed by atoms with E-state index in [-0.39, 0.29) is 5.82 Å². The zero-order chi connectivity index (χ0) is 22.4. The second kappa shape index (κ2) is 9.35. The van der Waals surface area contributed by atoms with Crippen molar-refractivity contribution in [1.29, 1.82) is 0 Å². The van der Waals surface area contributed by atoms with Gasteiger partial charge in [-0.3, -0.25) is 25.1 Å². The number of aryl methyl sites for hydroxylation is 1. The second-order valence-corrected chi connectivity index (χ2v) is 7.11. The number of carbonyl (C=O) groups is 2. The number of imide groups is 1. The van der Waals surface area contributed by atoms with E-state index >= 15 is 0 Å². The largest absolute Gasteiger partial charge is 0.456 e. The molecule has 0 unspecified atom stereocenters. The minimum absolute atomic E-state index is 0.262. The fraction of sp³-hybridized carbons (Fsp3) is 0.286. The Labute approximate surface area is 179 Å². The van der Waals surface area contributed by atoms with Crippen LogP contribution >= 0.6 is 0 Å². The predicted molar refractivity (Wildman–Crippen MR) is 114 cm³/mol. The Hall–Kier alpha value is -3.79. The number of hydrogen-bond acceptors (Lipinski definition) is 7. The third-order valence-corrected chi connectivity index (χ3v) is 4.22. The predicted octanol–water partition coefficient (Wildman–Crippen LogP) is 3.13. The van der Waals surface area contributed by atoms with Gasteiger partial charge >= 0.3 is 6.03 Å². The number of anilines is 1. The van der Waals surface area contributed by atoms with Crippen molar-refractivity contribution in [2.45, 2.75) is 26.4 Å². The quantitative estimate of drug-likeness (QED) is 0.598. The van der Waals surface area contributed by atoms with Crippen LogP contribution in [-0.2, 0) is 16.6 Å². The van der Waals surface area contributed by atoms with Gasteiger partial charge in [0.1, 0.15) is 22.9 Å². The standard InChI is InChI=1S/C21H24N6O4/c1-5-30-21(2,3)19(28)26-20(29)25-18-7-6-16(12-23-18)31-15-8-9-22-17(10-15)14-11-24-27(4)13-14/h6-13H,5H2,1-4H3,(H2,23,25,26,28,29). The minimum Gasteiger partial charge on any atom is -0.456 e. The van der Waals surface area contributed by atoms with E-state index < -0.39 is 17.5 Å². The van der Waals surface area contributed by atoms with Gasteiger partial charge in [-0.25, -0.2) is 9.78 Å². The van der Waals surface area contributed by atoms with Crippen LogP contribution in [0.3, 0.4) is 0 Å². The highest BCUT2D eigenvalue weighted by atomic mass is 16.5. The summed E-state index contributed by atoms with van der Waals surface area (Å²) < 4.78 is 12.8. The summed E-state index contributed by atoms with van der Waals surface area (Å²) in [4.78, 5) is 32.6. The van der Waals surface area contributed by atoms with Crippen LogP contribution in [0.25, 0.3) is 11.3 Å². The molecule has 0 spiro atoms. The lowest BCUT2D eigenvalue weighted by Gasteiger charge is -2.22. The van der Waals surface area contributed by atoms with Gasteiger partial charge in [0, 0.05) is 37.7 Å². The molecule has 3 rings (SSSR count). The Morgan fingerprint density at radius 2 is 1.94 bits per heavy atom. The fourth-order valence-corrected chi connectivity index (χ4v) is 2.66. The van der Waals surface area contributed by atoms with Crippen LogP contribution < -0.4 is 15.4 Å². The van der Waals surface area contributed by atoms with Crippen molar-refractivity contribution in [1.82, 2.24) is 25.1 Å². The van der Waals surface area contributed by atoms with E-state index in [0.29, 0.717) is 18.1 Å². The molecule has 0 atom stereocenters. The first-order chi connectivity index (χ1) is 14.8. The maximum absolute atomic E-state index is 12.1. The Balaban J connectivity index is 1.59. The fourth-order valence-electron chi connectivity index (χ4n) is 2.66. The van der Waals surface area contributed by atoms with Crippen molar-refractivity contribution >= 4 is 17.8 Å². The number of nitrogens with zero attached hydrogens (tertiary/aromatic N) is 4. The SMILES string of the molecule is CCOC(C)(C)C(=O)NC(=O)Nc1ccc(Oc2ccnc(-c3cnn(C)c3)c2)cn1. The molecule has 3 aromatic heterocycles. The molecule has 0 bridgehead atoms. The first kappa shape index (κ1) is 21.9. The number of carbonyl (C=O) groups excluding carboxylic acids is 2. The summed E-state index contributed by atoms with van der Waals surface area (Å²) in [6.07, 6.45) is 6.69. The van der Waals surface area contributed by atoms with Crippen molar-refractivity contribution in [2.24, 2.45) is 7.05 Å². The van der Waals surface area contributed by atoms with Crippen LogP contribution in [0.15, 0.2) is 49.1 Å². The summed E-state index contributed by atoms with van der Waals surface area (Å²) in [5.41, 5.74) is 0.489. The lowest BCUT2D eigenvalue weighted by atomic mass is 10.1. The number of urea groups is 1. The molecule has 10 nitrogen and oxygen atoms in total. The maximum atomic E-state index is 12.1. The summed E-state index contributed by atoms with van der Waals surface area (Å²) in [7, 11) is 1.83. The van der Waals surface area contributed by atoms with Crippen LogP contribution in [0.1, 0.15) is 20.8 Å². The van der Waals surface area contributed by atoms with Crippen molar-refractivity contribution in [3.63, 3.8) is 0 Å². The zero-order valence-corrected chi connectivity index (χ0v) is 17.7. The number of pyridine rings is 2. The molecule has 3 aromatic rings. The van der Waals surface area contributed by atoms with Crippen LogP contribution in [0.2, 0.25) is 0 Å². The van der Waals surface area contributed by atoms with Gasteiger partial charge in [-0.1, -0.05) is 0 Å². The van der Waals surface area contributed by atoms with E-state index in [0.717, 1.165) is 11.3 Å². The van der Waals surface area contributed by atoms with Gasteiger partial charge in [0.15, 0.2) is 0 Å². The Morgan fingerprint density at radius 1 is 1.13 bits per heavy atom. The normalized spacial score (nSPS) is 11.1. The Morgan fingerprint density at radius 3 is 2.58 bits per heavy atom. The number of hydrogen-bond donors (Lipinski definition) is 2. The highest BCUT2D eigenvalue weighted by Gasteiger charge is 2.29. The van der Waals surface area contributed by atoms with E-state index in [2.05, 4.69) is 25.7 Å². The van der Waals surface area contributed by atoms with E-state index in [4.69, 9.17) is 9.47 Å². The van der Waals surface area contributed by atoms with Crippen LogP contribution in [-0.4, -0.2) is 43.9 Å². The summed E-state index contributed by atoms with van der Waals surface area (Å²) >= 11 is 0. The lowest BCUT2D eigenvalue weighted by Crippen LogP contribution is -2.48. The molecule has 2 N–H and O–H groups in total. The third kappa shape index (κ3) is 5.86. The Bertz CT molecular complexity index is 1060. The molecule has 0 saturated heterocycles. The zero-order valence-electron chi connectivity index (χ0n) is 17.7. The highest BCUT2D eigenvalue weighted by Crippen LogP contribution is 2.25. The van der Waals surface area contributed by atoms with Crippen molar-refractivity contribution in [2.75, 3.05) is 11.9 Å². The molecule has 3 amide bonds. The summed E-state index contributed by atoms with van der Waals surface area (Å²) in [6, 6.07) is 6.04. The van der Waals surface area contributed by atoms with E-state index in [1.807, 2.05) is 13.2 Å².